The number of piperazine rings is 1. The van der Waals surface area contributed by atoms with Crippen LogP contribution in [0, 0.1) is 0 Å². The van der Waals surface area contributed by atoms with Crippen molar-refractivity contribution in [2.45, 2.75) is 13.0 Å². The Morgan fingerprint density at radius 2 is 1.43 bits per heavy atom. The van der Waals surface area contributed by atoms with Gasteiger partial charge in [0.05, 0.1) is 7.11 Å². The second-order valence-electron chi connectivity index (χ2n) is 9.41. The number of ether oxygens (including phenoxy) is 1. The molecule has 1 atom stereocenters. The number of para-hydroxylation sites is 1. The number of likely N-dealkylation sites (N-methyl/N-ethyl adjacent to an activating group) is 1. The van der Waals surface area contributed by atoms with Gasteiger partial charge in [0.1, 0.15) is 5.75 Å². The van der Waals surface area contributed by atoms with Crippen LogP contribution in [0.2, 0.25) is 0 Å². The van der Waals surface area contributed by atoms with Crippen molar-refractivity contribution in [2.75, 3.05) is 60.0 Å². The van der Waals surface area contributed by atoms with Gasteiger partial charge in [0.15, 0.2) is 0 Å². The van der Waals surface area contributed by atoms with Crippen LogP contribution in [0.1, 0.15) is 29.7 Å². The third kappa shape index (κ3) is 6.82. The lowest BCUT2D eigenvalue weighted by Gasteiger charge is -2.35. The van der Waals surface area contributed by atoms with Crippen molar-refractivity contribution in [1.82, 2.24) is 14.7 Å². The molecule has 1 fully saturated rings. The van der Waals surface area contributed by atoms with Crippen molar-refractivity contribution in [1.29, 1.82) is 0 Å². The Hall–Kier alpha value is -2.92. The maximum Gasteiger partial charge on any atom is 0.123 e. The van der Waals surface area contributed by atoms with Crippen molar-refractivity contribution in [2.24, 2.45) is 0 Å². The average Bonchev–Trinajstić information content (AvgIpc) is 2.92. The molecule has 0 unspecified atom stereocenters. The summed E-state index contributed by atoms with van der Waals surface area (Å²) in [6.07, 6.45) is 2.40. The van der Waals surface area contributed by atoms with Gasteiger partial charge in [-0.2, -0.15) is 0 Å². The minimum atomic E-state index is 0.239. The first-order valence-corrected chi connectivity index (χ1v) is 12.7. The maximum absolute atomic E-state index is 5.73. The molecule has 3 aromatic carbocycles. The van der Waals surface area contributed by atoms with E-state index in [4.69, 9.17) is 4.74 Å². The summed E-state index contributed by atoms with van der Waals surface area (Å²) < 4.78 is 5.73. The maximum atomic E-state index is 5.73. The molecular weight excluding hydrogens is 430 g/mol. The Morgan fingerprint density at radius 1 is 0.857 bits per heavy atom. The van der Waals surface area contributed by atoms with Crippen LogP contribution in [0.25, 0.3) is 5.57 Å². The largest absolute Gasteiger partial charge is 0.496 e. The van der Waals surface area contributed by atoms with Gasteiger partial charge in [0.25, 0.3) is 0 Å². The highest BCUT2D eigenvalue weighted by molar-refractivity contribution is 5.79. The van der Waals surface area contributed by atoms with Crippen molar-refractivity contribution in [3.05, 3.63) is 108 Å². The van der Waals surface area contributed by atoms with Crippen LogP contribution >= 0.6 is 0 Å². The second kappa shape index (κ2) is 12.7. The summed E-state index contributed by atoms with van der Waals surface area (Å²) in [6, 6.07) is 30.1. The van der Waals surface area contributed by atoms with E-state index in [-0.39, 0.29) is 6.04 Å². The number of hydrogen-bond acceptors (Lipinski definition) is 4. The molecule has 0 saturated carbocycles. The van der Waals surface area contributed by atoms with E-state index in [0.717, 1.165) is 51.6 Å². The van der Waals surface area contributed by atoms with E-state index in [0.29, 0.717) is 0 Å². The monoisotopic (exact) mass is 469 g/mol. The molecule has 184 valence electrons. The Morgan fingerprint density at radius 3 is 2.03 bits per heavy atom. The predicted molar refractivity (Wildman–Crippen MR) is 147 cm³/mol. The van der Waals surface area contributed by atoms with Gasteiger partial charge in [-0.3, -0.25) is 9.80 Å². The molecule has 4 nitrogen and oxygen atoms in total. The van der Waals surface area contributed by atoms with Gasteiger partial charge in [-0.05, 0) is 36.7 Å². The van der Waals surface area contributed by atoms with E-state index in [1.165, 1.54) is 22.3 Å². The highest BCUT2D eigenvalue weighted by Crippen LogP contribution is 2.30. The Labute approximate surface area is 211 Å². The third-order valence-corrected chi connectivity index (χ3v) is 7.14. The number of methoxy groups -OCH3 is 1. The fourth-order valence-corrected chi connectivity index (χ4v) is 4.84. The zero-order chi connectivity index (χ0) is 24.5. The molecule has 0 bridgehead atoms. The molecule has 0 radical (unpaired) electrons. The van der Waals surface area contributed by atoms with Gasteiger partial charge in [-0.15, -0.1) is 0 Å². The summed E-state index contributed by atoms with van der Waals surface area (Å²) in [5, 5.41) is 0. The van der Waals surface area contributed by atoms with E-state index < -0.39 is 0 Å². The fraction of sp³-hybridized carbons (Fsp3) is 0.355. The molecule has 3 aromatic rings. The minimum Gasteiger partial charge on any atom is -0.496 e. The number of rotatable bonds is 10. The number of hydrogen-bond donors (Lipinski definition) is 0. The summed E-state index contributed by atoms with van der Waals surface area (Å²) in [6.45, 7) is 9.84. The van der Waals surface area contributed by atoms with Crippen molar-refractivity contribution in [3.8, 4) is 5.75 Å². The quantitative estimate of drug-likeness (QED) is 0.394. The average molecular weight is 470 g/mol. The molecule has 1 saturated heterocycles. The molecule has 0 spiro atoms. The van der Waals surface area contributed by atoms with Crippen LogP contribution in [0.3, 0.4) is 0 Å². The van der Waals surface area contributed by atoms with Gasteiger partial charge in [-0.25, -0.2) is 0 Å². The van der Waals surface area contributed by atoms with Crippen LogP contribution in [0.5, 0.6) is 5.75 Å². The zero-order valence-corrected chi connectivity index (χ0v) is 21.4. The van der Waals surface area contributed by atoms with Crippen molar-refractivity contribution < 1.29 is 4.74 Å². The molecule has 0 N–H and O–H groups in total. The Balaban J connectivity index is 1.60. The van der Waals surface area contributed by atoms with Crippen LogP contribution in [-0.2, 0) is 0 Å². The Bertz CT molecular complexity index is 1020. The van der Waals surface area contributed by atoms with Crippen molar-refractivity contribution >= 4 is 5.57 Å². The molecule has 0 aromatic heterocycles. The zero-order valence-electron chi connectivity index (χ0n) is 21.4. The normalized spacial score (nSPS) is 15.7. The summed E-state index contributed by atoms with van der Waals surface area (Å²) in [5.41, 5.74) is 5.02. The van der Waals surface area contributed by atoms with Crippen LogP contribution in [0.4, 0.5) is 0 Å². The molecular formula is C31H39N3O. The molecule has 1 aliphatic heterocycles. The fourth-order valence-electron chi connectivity index (χ4n) is 4.84. The van der Waals surface area contributed by atoms with E-state index in [1.807, 2.05) is 6.07 Å². The molecule has 1 aliphatic rings. The molecule has 0 aliphatic carbocycles. The highest BCUT2D eigenvalue weighted by Gasteiger charge is 2.21. The first kappa shape index (κ1) is 25.2. The predicted octanol–water partition coefficient (Wildman–Crippen LogP) is 5.44. The summed E-state index contributed by atoms with van der Waals surface area (Å²) in [7, 11) is 3.98. The molecule has 35 heavy (non-hydrogen) atoms. The summed E-state index contributed by atoms with van der Waals surface area (Å²) in [5.74, 6) is 0.958. The molecule has 4 heteroatoms. The van der Waals surface area contributed by atoms with Gasteiger partial charge in [0, 0.05) is 57.4 Å². The lowest BCUT2D eigenvalue weighted by molar-refractivity contribution is 0.127. The second-order valence-corrected chi connectivity index (χ2v) is 9.41. The van der Waals surface area contributed by atoms with Gasteiger partial charge >= 0.3 is 0 Å². The summed E-state index contributed by atoms with van der Waals surface area (Å²) in [4.78, 5) is 7.60. The van der Waals surface area contributed by atoms with Gasteiger partial charge in [-0.1, -0.05) is 84.9 Å². The van der Waals surface area contributed by atoms with Crippen LogP contribution in [-0.4, -0.2) is 74.7 Å². The topological polar surface area (TPSA) is 19.0 Å². The van der Waals surface area contributed by atoms with E-state index in [9.17, 15) is 0 Å². The first-order chi connectivity index (χ1) is 17.2. The van der Waals surface area contributed by atoms with Gasteiger partial charge < -0.3 is 9.64 Å². The number of nitrogens with zero attached hydrogens (tertiary/aromatic N) is 3. The Kier molecular flexibility index (Phi) is 9.13. The molecule has 4 rings (SSSR count). The SMILES string of the molecule is COc1ccccc1[C@@H](C)N(CC=C(c1ccccc1)c1ccccc1)CCN1CCN(C)CC1. The van der Waals surface area contributed by atoms with Crippen LogP contribution < -0.4 is 4.74 Å². The van der Waals surface area contributed by atoms with Gasteiger partial charge in [0.2, 0.25) is 0 Å². The molecule has 0 amide bonds. The summed E-state index contributed by atoms with van der Waals surface area (Å²) >= 11 is 0. The smallest absolute Gasteiger partial charge is 0.123 e. The standard InChI is InChI=1S/C31H39N3O/c1-26(29-16-10-11-17-31(29)35-3)34(25-24-33-22-20-32(2)21-23-33)19-18-30(27-12-6-4-7-13-27)28-14-8-5-9-15-28/h4-18,26H,19-25H2,1-3H3/t26-/m1/s1. The van der Waals surface area contributed by atoms with E-state index in [1.54, 1.807) is 7.11 Å². The highest BCUT2D eigenvalue weighted by atomic mass is 16.5. The minimum absolute atomic E-state index is 0.239. The molecule has 1 heterocycles. The number of benzene rings is 3. The lowest BCUT2D eigenvalue weighted by Crippen LogP contribution is -2.47. The van der Waals surface area contributed by atoms with E-state index >= 15 is 0 Å². The van der Waals surface area contributed by atoms with Crippen LogP contribution in [0.15, 0.2) is 91.0 Å². The van der Waals surface area contributed by atoms with E-state index in [2.05, 4.69) is 114 Å². The third-order valence-electron chi connectivity index (χ3n) is 7.14. The first-order valence-electron chi connectivity index (χ1n) is 12.7. The lowest BCUT2D eigenvalue weighted by atomic mass is 9.97. The van der Waals surface area contributed by atoms with Crippen molar-refractivity contribution in [3.63, 3.8) is 0 Å².